The number of amides is 1. The van der Waals surface area contributed by atoms with Crippen molar-refractivity contribution in [2.45, 2.75) is 19.4 Å². The Labute approximate surface area is 164 Å². The van der Waals surface area contributed by atoms with Crippen LogP contribution >= 0.6 is 0 Å². The van der Waals surface area contributed by atoms with Crippen LogP contribution in [-0.2, 0) is 11.3 Å². The molecule has 2 heterocycles. The van der Waals surface area contributed by atoms with E-state index in [0.717, 1.165) is 34.5 Å². The van der Waals surface area contributed by atoms with Crippen molar-refractivity contribution in [3.8, 4) is 0 Å². The van der Waals surface area contributed by atoms with Gasteiger partial charge in [0.1, 0.15) is 0 Å². The predicted molar refractivity (Wildman–Crippen MR) is 109 cm³/mol. The lowest BCUT2D eigenvalue weighted by molar-refractivity contribution is -0.138. The molecule has 28 heavy (non-hydrogen) atoms. The van der Waals surface area contributed by atoms with Gasteiger partial charge in [-0.15, -0.1) is 0 Å². The number of allylic oxidation sites excluding steroid dienone is 2. The molecule has 0 radical (unpaired) electrons. The summed E-state index contributed by atoms with van der Waals surface area (Å²) in [5, 5.41) is 9.17. The first-order chi connectivity index (χ1) is 13.5. The zero-order chi connectivity index (χ0) is 19.8. The fourth-order valence-corrected chi connectivity index (χ4v) is 3.78. The van der Waals surface area contributed by atoms with Crippen LogP contribution in [0, 0.1) is 0 Å². The third-order valence-corrected chi connectivity index (χ3v) is 5.45. The fourth-order valence-electron chi connectivity index (χ4n) is 3.78. The van der Waals surface area contributed by atoms with Crippen LogP contribution in [0.15, 0.2) is 60.8 Å². The minimum Gasteiger partial charge on any atom is -0.481 e. The number of carbonyl (C=O) groups is 2. The number of carbonyl (C=O) groups excluding carboxylic acids is 1. The van der Waals surface area contributed by atoms with Crippen molar-refractivity contribution in [2.75, 3.05) is 18.5 Å². The van der Waals surface area contributed by atoms with Gasteiger partial charge >= 0.3 is 5.97 Å². The highest BCUT2D eigenvalue weighted by molar-refractivity contribution is 6.11. The van der Waals surface area contributed by atoms with Gasteiger partial charge in [-0.25, -0.2) is 0 Å². The molecule has 0 spiro atoms. The Bertz CT molecular complexity index is 1010. The van der Waals surface area contributed by atoms with Crippen LogP contribution in [0.3, 0.4) is 0 Å². The Hall–Kier alpha value is -3.34. The Morgan fingerprint density at radius 1 is 1.07 bits per heavy atom. The lowest BCUT2D eigenvalue weighted by Crippen LogP contribution is -2.23. The molecule has 0 fully saturated rings. The molecule has 142 valence electrons. The SMILES string of the molecule is CC(C(=O)O)c1ccc(N2Cc3c(cccc3C3=CC=CN(C)C3)C2=O)cc1. The predicted octanol–water partition coefficient (Wildman–Crippen LogP) is 3.88. The maximum absolute atomic E-state index is 13.0. The highest BCUT2D eigenvalue weighted by Gasteiger charge is 2.31. The molecule has 1 atom stereocenters. The summed E-state index contributed by atoms with van der Waals surface area (Å²) in [5.74, 6) is -1.45. The molecule has 0 bridgehead atoms. The standard InChI is InChI=1S/C23H22N2O3/c1-15(23(27)28)16-8-10-18(11-9-16)25-14-21-19(6-3-7-20(21)22(25)26)17-5-4-12-24(2)13-17/h3-12,15H,13-14H2,1-2H3,(H,27,28). The zero-order valence-corrected chi connectivity index (χ0v) is 15.9. The quantitative estimate of drug-likeness (QED) is 0.882. The lowest BCUT2D eigenvalue weighted by Gasteiger charge is -2.21. The molecular weight excluding hydrogens is 352 g/mol. The average molecular weight is 374 g/mol. The second-order valence-electron chi connectivity index (χ2n) is 7.32. The molecule has 0 saturated carbocycles. The highest BCUT2D eigenvalue weighted by Crippen LogP contribution is 2.34. The molecular formula is C23H22N2O3. The van der Waals surface area contributed by atoms with Gasteiger partial charge in [-0.05, 0) is 59.7 Å². The molecule has 1 amide bonds. The largest absolute Gasteiger partial charge is 0.481 e. The summed E-state index contributed by atoms with van der Waals surface area (Å²) in [6.07, 6.45) is 6.16. The smallest absolute Gasteiger partial charge is 0.310 e. The van der Waals surface area contributed by atoms with Crippen molar-refractivity contribution in [1.29, 1.82) is 0 Å². The number of hydrogen-bond acceptors (Lipinski definition) is 3. The van der Waals surface area contributed by atoms with Crippen molar-refractivity contribution in [3.63, 3.8) is 0 Å². The van der Waals surface area contributed by atoms with Crippen molar-refractivity contribution in [1.82, 2.24) is 4.90 Å². The number of rotatable bonds is 4. The van der Waals surface area contributed by atoms with E-state index in [-0.39, 0.29) is 5.91 Å². The number of benzene rings is 2. The van der Waals surface area contributed by atoms with E-state index < -0.39 is 11.9 Å². The summed E-state index contributed by atoms with van der Waals surface area (Å²) in [4.78, 5) is 28.1. The summed E-state index contributed by atoms with van der Waals surface area (Å²) in [7, 11) is 2.03. The maximum atomic E-state index is 13.0. The second kappa shape index (κ2) is 7.00. The number of carboxylic acids is 1. The van der Waals surface area contributed by atoms with Gasteiger partial charge in [0.2, 0.25) is 0 Å². The van der Waals surface area contributed by atoms with Gasteiger partial charge in [0.15, 0.2) is 0 Å². The van der Waals surface area contributed by atoms with Crippen molar-refractivity contribution >= 4 is 23.1 Å². The molecule has 5 nitrogen and oxygen atoms in total. The summed E-state index contributed by atoms with van der Waals surface area (Å²) in [6, 6.07) is 13.1. The fraction of sp³-hybridized carbons (Fsp3) is 0.217. The van der Waals surface area contributed by atoms with E-state index in [2.05, 4.69) is 17.0 Å². The Balaban J connectivity index is 1.65. The summed E-state index contributed by atoms with van der Waals surface area (Å²) in [6.45, 7) is 2.98. The third-order valence-electron chi connectivity index (χ3n) is 5.45. The molecule has 5 heteroatoms. The minimum atomic E-state index is -0.859. The van der Waals surface area contributed by atoms with Crippen molar-refractivity contribution in [3.05, 3.63) is 83.1 Å². The summed E-state index contributed by atoms with van der Waals surface area (Å²) >= 11 is 0. The zero-order valence-electron chi connectivity index (χ0n) is 15.9. The van der Waals surface area contributed by atoms with Gasteiger partial charge in [0.25, 0.3) is 5.91 Å². The number of anilines is 1. The lowest BCUT2D eigenvalue weighted by atomic mass is 9.95. The number of fused-ring (bicyclic) bond motifs is 1. The van der Waals surface area contributed by atoms with Crippen LogP contribution in [0.5, 0.6) is 0 Å². The topological polar surface area (TPSA) is 60.9 Å². The Morgan fingerprint density at radius 2 is 1.79 bits per heavy atom. The molecule has 4 rings (SSSR count). The van der Waals surface area contributed by atoms with Crippen LogP contribution in [-0.4, -0.2) is 35.5 Å². The number of aliphatic carboxylic acids is 1. The van der Waals surface area contributed by atoms with E-state index in [9.17, 15) is 14.7 Å². The molecule has 0 saturated heterocycles. The van der Waals surface area contributed by atoms with Crippen LogP contribution in [0.25, 0.3) is 5.57 Å². The number of nitrogens with zero attached hydrogens (tertiary/aromatic N) is 2. The first-order valence-electron chi connectivity index (χ1n) is 9.30. The third kappa shape index (κ3) is 3.09. The van der Waals surface area contributed by atoms with E-state index in [1.54, 1.807) is 24.0 Å². The molecule has 1 unspecified atom stereocenters. The monoisotopic (exact) mass is 374 g/mol. The Morgan fingerprint density at radius 3 is 2.46 bits per heavy atom. The molecule has 2 aliphatic rings. The van der Waals surface area contributed by atoms with Crippen molar-refractivity contribution < 1.29 is 14.7 Å². The summed E-state index contributed by atoms with van der Waals surface area (Å²) in [5.41, 5.74) is 5.60. The Kier molecular flexibility index (Phi) is 4.51. The van der Waals surface area contributed by atoms with Gasteiger partial charge in [0.05, 0.1) is 12.5 Å². The molecule has 2 aromatic rings. The van der Waals surface area contributed by atoms with Gasteiger partial charge in [-0.3, -0.25) is 9.59 Å². The van der Waals surface area contributed by atoms with Gasteiger partial charge in [-0.2, -0.15) is 0 Å². The van der Waals surface area contributed by atoms with Gasteiger partial charge in [0, 0.05) is 24.8 Å². The van der Waals surface area contributed by atoms with Gasteiger partial charge in [-0.1, -0.05) is 30.3 Å². The maximum Gasteiger partial charge on any atom is 0.310 e. The van der Waals surface area contributed by atoms with Gasteiger partial charge < -0.3 is 14.9 Å². The van der Waals surface area contributed by atoms with E-state index in [1.807, 2.05) is 43.6 Å². The average Bonchev–Trinajstić information content (AvgIpc) is 3.04. The van der Waals surface area contributed by atoms with E-state index in [1.165, 1.54) is 5.57 Å². The van der Waals surface area contributed by atoms with Crippen LogP contribution in [0.4, 0.5) is 5.69 Å². The molecule has 2 aromatic carbocycles. The van der Waals surface area contributed by atoms with E-state index in [4.69, 9.17) is 0 Å². The minimum absolute atomic E-state index is 0.0174. The molecule has 0 aromatic heterocycles. The molecule has 1 N–H and O–H groups in total. The normalized spacial score (nSPS) is 16.8. The van der Waals surface area contributed by atoms with Crippen molar-refractivity contribution in [2.24, 2.45) is 0 Å². The van der Waals surface area contributed by atoms with E-state index >= 15 is 0 Å². The second-order valence-corrected chi connectivity index (χ2v) is 7.32. The first kappa shape index (κ1) is 18.0. The first-order valence-corrected chi connectivity index (χ1v) is 9.30. The van der Waals surface area contributed by atoms with Crippen LogP contribution in [0.2, 0.25) is 0 Å². The van der Waals surface area contributed by atoms with Crippen LogP contribution in [0.1, 0.15) is 39.9 Å². The number of hydrogen-bond donors (Lipinski definition) is 1. The molecule has 0 aliphatic carbocycles. The van der Waals surface area contributed by atoms with Crippen LogP contribution < -0.4 is 4.90 Å². The highest BCUT2D eigenvalue weighted by atomic mass is 16.4. The number of likely N-dealkylation sites (N-methyl/N-ethyl adjacent to an activating group) is 1. The summed E-state index contributed by atoms with van der Waals surface area (Å²) < 4.78 is 0. The number of carboxylic acid groups (broad SMARTS) is 1. The van der Waals surface area contributed by atoms with E-state index in [0.29, 0.717) is 6.54 Å². The molecule has 2 aliphatic heterocycles.